The van der Waals surface area contributed by atoms with E-state index < -0.39 is 60.5 Å². The summed E-state index contributed by atoms with van der Waals surface area (Å²) >= 11 is 0. The highest BCUT2D eigenvalue weighted by molar-refractivity contribution is 5.56. The van der Waals surface area contributed by atoms with Gasteiger partial charge in [0.1, 0.15) is 12.7 Å². The highest BCUT2D eigenvalue weighted by Gasteiger charge is 2.51. The molecule has 3 rings (SSSR count). The van der Waals surface area contributed by atoms with Gasteiger partial charge in [0.05, 0.1) is 35.4 Å². The van der Waals surface area contributed by atoms with Gasteiger partial charge in [-0.1, -0.05) is 0 Å². The summed E-state index contributed by atoms with van der Waals surface area (Å²) in [4.78, 5) is 0.569. The highest BCUT2D eigenvalue weighted by Crippen LogP contribution is 2.39. The first-order valence-corrected chi connectivity index (χ1v) is 8.86. The van der Waals surface area contributed by atoms with Gasteiger partial charge in [-0.05, 0) is 36.4 Å². The van der Waals surface area contributed by atoms with Crippen molar-refractivity contribution in [2.24, 2.45) is 0 Å². The number of hydrogen-bond donors (Lipinski definition) is 0. The van der Waals surface area contributed by atoms with Gasteiger partial charge < -0.3 is 14.4 Å². The number of halogens is 7. The molecule has 168 valence electrons. The summed E-state index contributed by atoms with van der Waals surface area (Å²) in [6.07, 6.45) is -13.7. The fourth-order valence-electron chi connectivity index (χ4n) is 3.11. The van der Waals surface area contributed by atoms with Crippen LogP contribution in [0.1, 0.15) is 16.7 Å². The third-order valence-corrected chi connectivity index (χ3v) is 4.53. The molecule has 0 bridgehead atoms. The second-order valence-corrected chi connectivity index (χ2v) is 6.71. The normalized spacial score (nSPS) is 18.8. The molecule has 2 aromatic carbocycles. The first-order chi connectivity index (χ1) is 14.9. The van der Waals surface area contributed by atoms with Crippen molar-refractivity contribution in [3.05, 3.63) is 58.9 Å². The summed E-state index contributed by atoms with van der Waals surface area (Å²) in [6.45, 7) is -1.04. The molecule has 12 heteroatoms. The van der Waals surface area contributed by atoms with Crippen LogP contribution in [0.15, 0.2) is 36.4 Å². The maximum Gasteiger partial charge on any atom is 0.433 e. The Hall–Kier alpha value is -3.51. The molecule has 0 aliphatic carbocycles. The van der Waals surface area contributed by atoms with Crippen LogP contribution >= 0.6 is 0 Å². The van der Waals surface area contributed by atoms with Crippen LogP contribution in [0.4, 0.5) is 36.4 Å². The number of rotatable bonds is 4. The molecular weight excluding hydrogens is 447 g/mol. The molecule has 0 N–H and O–H groups in total. The second kappa shape index (κ2) is 8.55. The molecule has 2 unspecified atom stereocenters. The Morgan fingerprint density at radius 2 is 1.75 bits per heavy atom. The molecule has 1 aliphatic rings. The first-order valence-electron chi connectivity index (χ1n) is 8.86. The average Bonchev–Trinajstić information content (AvgIpc) is 3.16. The van der Waals surface area contributed by atoms with Crippen LogP contribution < -0.4 is 9.64 Å². The Balaban J connectivity index is 1.84. The van der Waals surface area contributed by atoms with Crippen molar-refractivity contribution >= 4 is 5.69 Å². The summed E-state index contributed by atoms with van der Waals surface area (Å²) in [5.41, 5.74) is -2.55. The highest BCUT2D eigenvalue weighted by atomic mass is 19.4. The molecule has 2 atom stereocenters. The van der Waals surface area contributed by atoms with Crippen molar-refractivity contribution in [2.75, 3.05) is 18.1 Å². The van der Waals surface area contributed by atoms with Gasteiger partial charge in [-0.15, -0.1) is 0 Å². The molecule has 0 aromatic heterocycles. The van der Waals surface area contributed by atoms with E-state index in [2.05, 4.69) is 0 Å². The molecule has 0 amide bonds. The van der Waals surface area contributed by atoms with Crippen LogP contribution in [-0.2, 0) is 10.9 Å². The quantitative estimate of drug-likeness (QED) is 0.617. The van der Waals surface area contributed by atoms with E-state index >= 15 is 0 Å². The number of nitriles is 2. The fourth-order valence-corrected chi connectivity index (χ4v) is 3.11. The number of hydrogen-bond acceptors (Lipinski definition) is 5. The third-order valence-electron chi connectivity index (χ3n) is 4.53. The molecule has 0 radical (unpaired) electrons. The summed E-state index contributed by atoms with van der Waals surface area (Å²) in [7, 11) is 0. The Morgan fingerprint density at radius 1 is 1.03 bits per heavy atom. The standard InChI is InChI=1S/C20H12F7N3O2/c21-16-5-11(7-28)1-4-17(16)31-10-14-9-30(18(32-14)20(25,26)27)13-3-2-12(8-29)15(6-13)19(22,23)24/h1-6,14,18H,9-10H2. The number of ether oxygens (including phenoxy) is 2. The van der Waals surface area contributed by atoms with E-state index in [4.69, 9.17) is 20.0 Å². The maximum atomic E-state index is 13.9. The predicted molar refractivity (Wildman–Crippen MR) is 94.8 cm³/mol. The van der Waals surface area contributed by atoms with Gasteiger partial charge in [0.15, 0.2) is 11.6 Å². The summed E-state index contributed by atoms with van der Waals surface area (Å²) < 4.78 is 104. The minimum Gasteiger partial charge on any atom is -0.488 e. The molecular formula is C20H12F7N3O2. The lowest BCUT2D eigenvalue weighted by Gasteiger charge is -2.27. The van der Waals surface area contributed by atoms with E-state index in [1.54, 1.807) is 6.07 Å². The zero-order valence-electron chi connectivity index (χ0n) is 15.8. The van der Waals surface area contributed by atoms with Gasteiger partial charge in [-0.25, -0.2) is 4.39 Å². The average molecular weight is 459 g/mol. The second-order valence-electron chi connectivity index (χ2n) is 6.71. The predicted octanol–water partition coefficient (Wildman–Crippen LogP) is 4.76. The van der Waals surface area contributed by atoms with Crippen molar-refractivity contribution in [1.82, 2.24) is 0 Å². The molecule has 0 spiro atoms. The molecule has 1 fully saturated rings. The van der Waals surface area contributed by atoms with Gasteiger partial charge in [0.25, 0.3) is 0 Å². The van der Waals surface area contributed by atoms with Crippen LogP contribution in [0, 0.1) is 28.5 Å². The van der Waals surface area contributed by atoms with Crippen molar-refractivity contribution in [2.45, 2.75) is 24.7 Å². The van der Waals surface area contributed by atoms with E-state index in [1.807, 2.05) is 0 Å². The lowest BCUT2D eigenvalue weighted by Crippen LogP contribution is -2.42. The fraction of sp³-hybridized carbons (Fsp3) is 0.300. The number of alkyl halides is 6. The van der Waals surface area contributed by atoms with Gasteiger partial charge in [0.2, 0.25) is 6.23 Å². The maximum absolute atomic E-state index is 13.9. The minimum atomic E-state index is -4.96. The Kier molecular flexibility index (Phi) is 6.19. The number of nitrogens with zero attached hydrogens (tertiary/aromatic N) is 3. The first kappa shape index (κ1) is 23.2. The summed E-state index contributed by atoms with van der Waals surface area (Å²) in [6, 6.07) is 8.50. The topological polar surface area (TPSA) is 69.3 Å². The SMILES string of the molecule is N#Cc1ccc(OCC2CN(c3ccc(C#N)c(C(F)(F)F)c3)C(C(F)(F)F)O2)c(F)c1. The minimum absolute atomic E-state index is 0.0107. The summed E-state index contributed by atoms with van der Waals surface area (Å²) in [5, 5.41) is 17.6. The van der Waals surface area contributed by atoms with E-state index in [9.17, 15) is 30.7 Å². The Bertz CT molecular complexity index is 1090. The van der Waals surface area contributed by atoms with Crippen LogP contribution in [0.5, 0.6) is 5.75 Å². The van der Waals surface area contributed by atoms with Gasteiger partial charge in [0, 0.05) is 5.69 Å². The van der Waals surface area contributed by atoms with Gasteiger partial charge in [-0.3, -0.25) is 0 Å². The molecule has 0 saturated carbocycles. The summed E-state index contributed by atoms with van der Waals surface area (Å²) in [5.74, 6) is -1.24. The van der Waals surface area contributed by atoms with E-state index in [0.717, 1.165) is 24.3 Å². The Morgan fingerprint density at radius 3 is 2.31 bits per heavy atom. The third kappa shape index (κ3) is 4.86. The molecule has 1 heterocycles. The lowest BCUT2D eigenvalue weighted by molar-refractivity contribution is -0.215. The molecule has 32 heavy (non-hydrogen) atoms. The van der Waals surface area contributed by atoms with Gasteiger partial charge in [-0.2, -0.15) is 36.9 Å². The van der Waals surface area contributed by atoms with Crippen LogP contribution in [0.2, 0.25) is 0 Å². The van der Waals surface area contributed by atoms with Crippen LogP contribution in [-0.4, -0.2) is 31.7 Å². The Labute approximate surface area is 176 Å². The largest absolute Gasteiger partial charge is 0.488 e. The van der Waals surface area contributed by atoms with Gasteiger partial charge >= 0.3 is 12.4 Å². The zero-order chi connectivity index (χ0) is 23.7. The van der Waals surface area contributed by atoms with Crippen LogP contribution in [0.25, 0.3) is 0 Å². The molecule has 1 saturated heterocycles. The van der Waals surface area contributed by atoms with E-state index in [-0.39, 0.29) is 11.3 Å². The van der Waals surface area contributed by atoms with Crippen molar-refractivity contribution in [3.8, 4) is 17.9 Å². The molecule has 1 aliphatic heterocycles. The van der Waals surface area contributed by atoms with E-state index in [1.165, 1.54) is 12.1 Å². The number of benzene rings is 2. The number of anilines is 1. The van der Waals surface area contributed by atoms with Crippen molar-refractivity contribution < 1.29 is 40.2 Å². The molecule has 5 nitrogen and oxygen atoms in total. The van der Waals surface area contributed by atoms with Crippen molar-refractivity contribution in [3.63, 3.8) is 0 Å². The van der Waals surface area contributed by atoms with Crippen LogP contribution in [0.3, 0.4) is 0 Å². The zero-order valence-corrected chi connectivity index (χ0v) is 15.8. The smallest absolute Gasteiger partial charge is 0.433 e. The van der Waals surface area contributed by atoms with E-state index in [0.29, 0.717) is 11.0 Å². The molecule has 2 aromatic rings. The lowest BCUT2D eigenvalue weighted by atomic mass is 10.1. The van der Waals surface area contributed by atoms with Crippen molar-refractivity contribution in [1.29, 1.82) is 10.5 Å². The monoisotopic (exact) mass is 459 g/mol.